The Morgan fingerprint density at radius 2 is 2.00 bits per heavy atom. The van der Waals surface area contributed by atoms with E-state index in [1.54, 1.807) is 30.8 Å². The van der Waals surface area contributed by atoms with Gasteiger partial charge in [-0.05, 0) is 5.56 Å². The molecule has 134 valence electrons. The van der Waals surface area contributed by atoms with Crippen LogP contribution in [0.5, 0.6) is 0 Å². The number of nitrogens with one attached hydrogen (secondary N) is 2. The quantitative estimate of drug-likeness (QED) is 0.195. The minimum atomic E-state index is 0. The van der Waals surface area contributed by atoms with E-state index in [2.05, 4.69) is 22.2 Å². The topological polar surface area (TPSA) is 56.7 Å². The maximum atomic E-state index is 11.7. The van der Waals surface area contributed by atoms with Gasteiger partial charge in [-0.2, -0.15) is 11.8 Å². The Morgan fingerprint density at radius 3 is 2.62 bits per heavy atom. The number of likely N-dealkylation sites (N-methyl/N-ethyl adjacent to an activating group) is 1. The fourth-order valence-electron chi connectivity index (χ4n) is 1.65. The van der Waals surface area contributed by atoms with Crippen LogP contribution in [-0.4, -0.2) is 55.5 Å². The van der Waals surface area contributed by atoms with E-state index in [9.17, 15) is 4.79 Å². The molecule has 1 aromatic rings. The van der Waals surface area contributed by atoms with Crippen molar-refractivity contribution in [3.05, 3.63) is 48.6 Å². The largest absolute Gasteiger partial charge is 0.356 e. The van der Waals surface area contributed by atoms with Gasteiger partial charge in [-0.3, -0.25) is 4.79 Å². The number of aliphatic imine (C=N–C) groups is 1. The number of amides is 1. The number of halogens is 1. The highest BCUT2D eigenvalue weighted by Crippen LogP contribution is 2.00. The molecule has 0 bridgehead atoms. The molecule has 1 rings (SSSR count). The standard InChI is InChI=1S/C17H26N4OS.HI/c1-4-11-23-12-10-18-17(20-14-16(22)21(2)3)19-13-15-8-6-5-7-9-15;/h4-9H,1,10-14H2,2-3H3,(H2,18,19,20);1H. The maximum Gasteiger partial charge on any atom is 0.241 e. The van der Waals surface area contributed by atoms with Crippen LogP contribution in [0.15, 0.2) is 48.0 Å². The number of hydrogen-bond donors (Lipinski definition) is 2. The summed E-state index contributed by atoms with van der Waals surface area (Å²) in [6, 6.07) is 10.0. The lowest BCUT2D eigenvalue weighted by Crippen LogP contribution is -2.43. The van der Waals surface area contributed by atoms with Crippen LogP contribution in [0.25, 0.3) is 0 Å². The van der Waals surface area contributed by atoms with Crippen LogP contribution >= 0.6 is 35.7 Å². The van der Waals surface area contributed by atoms with E-state index < -0.39 is 0 Å². The Bertz CT molecular complexity index is 509. The molecule has 0 radical (unpaired) electrons. The molecule has 0 fully saturated rings. The molecule has 1 amide bonds. The van der Waals surface area contributed by atoms with Crippen LogP contribution in [0.4, 0.5) is 0 Å². The van der Waals surface area contributed by atoms with Crippen LogP contribution in [0, 0.1) is 0 Å². The Morgan fingerprint density at radius 1 is 1.29 bits per heavy atom. The highest BCUT2D eigenvalue weighted by Gasteiger charge is 2.05. The first-order valence-electron chi connectivity index (χ1n) is 7.58. The van der Waals surface area contributed by atoms with Crippen molar-refractivity contribution in [3.8, 4) is 0 Å². The van der Waals surface area contributed by atoms with E-state index in [-0.39, 0.29) is 36.4 Å². The third-order valence-electron chi connectivity index (χ3n) is 2.94. The van der Waals surface area contributed by atoms with Gasteiger partial charge in [-0.1, -0.05) is 36.4 Å². The molecule has 0 heterocycles. The summed E-state index contributed by atoms with van der Waals surface area (Å²) in [4.78, 5) is 17.8. The van der Waals surface area contributed by atoms with Crippen molar-refractivity contribution in [1.82, 2.24) is 15.5 Å². The lowest BCUT2D eigenvalue weighted by molar-refractivity contribution is -0.127. The summed E-state index contributed by atoms with van der Waals surface area (Å²) in [7, 11) is 3.48. The van der Waals surface area contributed by atoms with E-state index in [0.29, 0.717) is 12.5 Å². The minimum Gasteiger partial charge on any atom is -0.356 e. The van der Waals surface area contributed by atoms with Gasteiger partial charge in [-0.15, -0.1) is 30.6 Å². The Kier molecular flexibility index (Phi) is 13.4. The third-order valence-corrected chi connectivity index (χ3v) is 3.91. The van der Waals surface area contributed by atoms with Crippen LogP contribution in [0.1, 0.15) is 5.56 Å². The molecular weight excluding hydrogens is 435 g/mol. The SMILES string of the molecule is C=CCSCCNC(=NCc1ccccc1)NCC(=O)N(C)C.I. The summed E-state index contributed by atoms with van der Waals surface area (Å²) in [5, 5.41) is 6.34. The molecule has 0 unspecified atom stereocenters. The van der Waals surface area contributed by atoms with E-state index in [4.69, 9.17) is 0 Å². The molecule has 0 saturated heterocycles. The maximum absolute atomic E-state index is 11.7. The van der Waals surface area contributed by atoms with Crippen molar-refractivity contribution in [1.29, 1.82) is 0 Å². The Balaban J connectivity index is 0.00000529. The third kappa shape index (κ3) is 10.5. The number of benzene rings is 1. The Hall–Kier alpha value is -1.22. The normalized spacial score (nSPS) is 10.5. The van der Waals surface area contributed by atoms with Crippen molar-refractivity contribution in [2.75, 3.05) is 38.7 Å². The average Bonchev–Trinajstić information content (AvgIpc) is 2.56. The number of hydrogen-bond acceptors (Lipinski definition) is 3. The number of rotatable bonds is 9. The van der Waals surface area contributed by atoms with Gasteiger partial charge >= 0.3 is 0 Å². The fourth-order valence-corrected chi connectivity index (χ4v) is 2.23. The van der Waals surface area contributed by atoms with Crippen molar-refractivity contribution in [2.45, 2.75) is 6.54 Å². The van der Waals surface area contributed by atoms with Crippen LogP contribution in [-0.2, 0) is 11.3 Å². The molecule has 0 atom stereocenters. The second-order valence-corrected chi connectivity index (χ2v) is 6.23. The average molecular weight is 462 g/mol. The fraction of sp³-hybridized carbons (Fsp3) is 0.412. The zero-order chi connectivity index (χ0) is 16.9. The van der Waals surface area contributed by atoms with Gasteiger partial charge < -0.3 is 15.5 Å². The molecule has 0 saturated carbocycles. The number of nitrogens with zero attached hydrogens (tertiary/aromatic N) is 2. The molecule has 0 aliphatic carbocycles. The molecule has 0 aliphatic heterocycles. The molecule has 2 N–H and O–H groups in total. The van der Waals surface area contributed by atoms with Crippen molar-refractivity contribution in [3.63, 3.8) is 0 Å². The number of carbonyl (C=O) groups is 1. The molecule has 5 nitrogen and oxygen atoms in total. The highest BCUT2D eigenvalue weighted by molar-refractivity contribution is 14.0. The highest BCUT2D eigenvalue weighted by atomic mass is 127. The van der Waals surface area contributed by atoms with E-state index in [1.165, 1.54) is 0 Å². The van der Waals surface area contributed by atoms with Gasteiger partial charge in [0.2, 0.25) is 5.91 Å². The smallest absolute Gasteiger partial charge is 0.241 e. The molecular formula is C17H27IN4OS. The van der Waals surface area contributed by atoms with Crippen LogP contribution < -0.4 is 10.6 Å². The van der Waals surface area contributed by atoms with E-state index >= 15 is 0 Å². The first-order chi connectivity index (χ1) is 11.1. The van der Waals surface area contributed by atoms with Crippen LogP contribution in [0.3, 0.4) is 0 Å². The monoisotopic (exact) mass is 462 g/mol. The van der Waals surface area contributed by atoms with Gasteiger partial charge in [0, 0.05) is 32.1 Å². The number of thioether (sulfide) groups is 1. The summed E-state index contributed by atoms with van der Waals surface area (Å²) in [5.74, 6) is 2.56. The Labute approximate surface area is 166 Å². The molecule has 0 aromatic heterocycles. The molecule has 7 heteroatoms. The van der Waals surface area contributed by atoms with E-state index in [1.807, 2.05) is 36.4 Å². The molecule has 1 aromatic carbocycles. The zero-order valence-corrected chi connectivity index (χ0v) is 17.5. The van der Waals surface area contributed by atoms with Crippen molar-refractivity contribution >= 4 is 47.6 Å². The summed E-state index contributed by atoms with van der Waals surface area (Å²) >= 11 is 1.80. The summed E-state index contributed by atoms with van der Waals surface area (Å²) in [6.07, 6.45) is 1.89. The van der Waals surface area contributed by atoms with Gasteiger partial charge in [-0.25, -0.2) is 4.99 Å². The first kappa shape index (κ1) is 22.8. The second kappa shape index (κ2) is 14.2. The molecule has 0 spiro atoms. The van der Waals surface area contributed by atoms with Crippen molar-refractivity contribution in [2.24, 2.45) is 4.99 Å². The minimum absolute atomic E-state index is 0. The summed E-state index contributed by atoms with van der Waals surface area (Å²) in [6.45, 7) is 5.29. The lowest BCUT2D eigenvalue weighted by Gasteiger charge is -2.15. The lowest BCUT2D eigenvalue weighted by atomic mass is 10.2. The molecule has 24 heavy (non-hydrogen) atoms. The van der Waals surface area contributed by atoms with E-state index in [0.717, 1.165) is 23.6 Å². The zero-order valence-electron chi connectivity index (χ0n) is 14.3. The van der Waals surface area contributed by atoms with Gasteiger partial charge in [0.25, 0.3) is 0 Å². The van der Waals surface area contributed by atoms with Crippen molar-refractivity contribution < 1.29 is 4.79 Å². The summed E-state index contributed by atoms with van der Waals surface area (Å²) in [5.41, 5.74) is 1.13. The predicted molar refractivity (Wildman–Crippen MR) is 115 cm³/mol. The van der Waals surface area contributed by atoms with Gasteiger partial charge in [0.1, 0.15) is 0 Å². The number of guanidine groups is 1. The van der Waals surface area contributed by atoms with Gasteiger partial charge in [0.05, 0.1) is 13.1 Å². The second-order valence-electron chi connectivity index (χ2n) is 5.08. The predicted octanol–water partition coefficient (Wildman–Crippen LogP) is 2.35. The van der Waals surface area contributed by atoms with Crippen LogP contribution in [0.2, 0.25) is 0 Å². The molecule has 0 aliphatic rings. The first-order valence-corrected chi connectivity index (χ1v) is 8.74. The summed E-state index contributed by atoms with van der Waals surface area (Å²) < 4.78 is 0. The van der Waals surface area contributed by atoms with Gasteiger partial charge in [0.15, 0.2) is 5.96 Å². The number of carbonyl (C=O) groups excluding carboxylic acids is 1.